The lowest BCUT2D eigenvalue weighted by Crippen LogP contribution is -2.32. The lowest BCUT2D eigenvalue weighted by atomic mass is 9.72. The lowest BCUT2D eigenvalue weighted by Gasteiger charge is -2.18. The molecule has 0 aliphatic carbocycles. The zero-order valence-electron chi connectivity index (χ0n) is 43.9. The van der Waals surface area contributed by atoms with E-state index in [-0.39, 0.29) is 11.5 Å². The number of benzene rings is 9. The first-order chi connectivity index (χ1) is 38.2. The van der Waals surface area contributed by atoms with Crippen LogP contribution in [-0.2, 0) is 0 Å². The molecule has 0 aliphatic rings. The summed E-state index contributed by atoms with van der Waals surface area (Å²) in [4.78, 5) is 14.1. The molecule has 5 nitrogen and oxygen atoms in total. The van der Waals surface area contributed by atoms with Gasteiger partial charge in [-0.15, -0.1) is 0 Å². The summed E-state index contributed by atoms with van der Waals surface area (Å²) in [7, 11) is 5.51. The van der Waals surface area contributed by atoms with E-state index in [1.807, 2.05) is 90.7 Å². The van der Waals surface area contributed by atoms with Crippen molar-refractivity contribution in [2.75, 3.05) is 0 Å². The Morgan fingerprint density at radius 3 is 0.987 bits per heavy atom. The first-order valence-corrected chi connectivity index (χ1v) is 26.3. The summed E-state index contributed by atoms with van der Waals surface area (Å²) >= 11 is 0. The van der Waals surface area contributed by atoms with Crippen LogP contribution in [0.15, 0.2) is 249 Å². The molecule has 78 heavy (non-hydrogen) atoms. The highest BCUT2D eigenvalue weighted by atomic mass is 16.3. The minimum atomic E-state index is 0.199. The van der Waals surface area contributed by atoms with Crippen LogP contribution in [0.25, 0.3) is 123 Å². The highest BCUT2D eigenvalue weighted by Crippen LogP contribution is 2.43. The van der Waals surface area contributed by atoms with Crippen molar-refractivity contribution in [1.29, 1.82) is 0 Å². The van der Waals surface area contributed by atoms with Crippen molar-refractivity contribution >= 4 is 39.9 Å². The van der Waals surface area contributed by atoms with E-state index in [0.29, 0.717) is 22.0 Å². The van der Waals surface area contributed by atoms with E-state index in [4.69, 9.17) is 4.98 Å². The van der Waals surface area contributed by atoms with Gasteiger partial charge in [-0.25, -0.2) is 0 Å². The number of nitrogens with zero attached hydrogens (tertiary/aromatic N) is 3. The molecule has 0 atom stereocenters. The zero-order chi connectivity index (χ0) is 53.3. The average molecular weight is 1000 g/mol. The first-order valence-electron chi connectivity index (χ1n) is 26.3. The Labute approximate surface area is 458 Å². The third-order valence-electron chi connectivity index (χ3n) is 15.3. The number of aromatic hydroxyl groups is 2. The summed E-state index contributed by atoms with van der Waals surface area (Å²) in [6.07, 6.45) is 5.61. The molecule has 8 heteroatoms. The van der Waals surface area contributed by atoms with Crippen LogP contribution in [0.1, 0.15) is 5.56 Å². The van der Waals surface area contributed by atoms with Crippen molar-refractivity contribution in [3.63, 3.8) is 0 Å². The summed E-state index contributed by atoms with van der Waals surface area (Å²) in [6.45, 7) is 2.08. The van der Waals surface area contributed by atoms with Gasteiger partial charge in [0.25, 0.3) is 0 Å². The van der Waals surface area contributed by atoms with Gasteiger partial charge in [0.15, 0.2) is 0 Å². The van der Waals surface area contributed by atoms with Crippen molar-refractivity contribution in [2.45, 2.75) is 6.92 Å². The lowest BCUT2D eigenvalue weighted by molar-refractivity contribution is 0.472. The fraction of sp³-hybridized carbons (Fsp3) is 0.0143. The monoisotopic (exact) mass is 999 g/mol. The van der Waals surface area contributed by atoms with Gasteiger partial charge in [-0.05, 0) is 150 Å². The smallest absolute Gasteiger partial charge is 0.145 e. The van der Waals surface area contributed by atoms with Crippen molar-refractivity contribution in [3.05, 3.63) is 255 Å². The molecule has 0 unspecified atom stereocenters. The van der Waals surface area contributed by atoms with Crippen LogP contribution in [-0.4, -0.2) is 48.7 Å². The average Bonchev–Trinajstić information content (AvgIpc) is 3.60. The molecule has 3 heterocycles. The molecule has 9 aromatic carbocycles. The predicted octanol–water partition coefficient (Wildman–Crippen LogP) is 12.7. The third kappa shape index (κ3) is 9.50. The molecule has 0 saturated heterocycles. The molecule has 0 radical (unpaired) electrons. The van der Waals surface area contributed by atoms with Crippen LogP contribution in [0.3, 0.4) is 0 Å². The summed E-state index contributed by atoms with van der Waals surface area (Å²) in [5.41, 5.74) is 26.2. The summed E-state index contributed by atoms with van der Waals surface area (Å²) in [5.74, 6) is 0.413. The Morgan fingerprint density at radius 1 is 0.282 bits per heavy atom. The van der Waals surface area contributed by atoms with Crippen LogP contribution >= 0.6 is 0 Å². The quantitative estimate of drug-likeness (QED) is 0.0997. The van der Waals surface area contributed by atoms with Gasteiger partial charge in [0.2, 0.25) is 0 Å². The molecular formula is C70H52B3N3O2. The maximum Gasteiger partial charge on any atom is 0.145 e. The van der Waals surface area contributed by atoms with Crippen molar-refractivity contribution in [3.8, 4) is 134 Å². The Bertz CT molecular complexity index is 4000. The Hall–Kier alpha value is -9.78. The molecule has 0 saturated carbocycles. The second kappa shape index (κ2) is 21.1. The highest BCUT2D eigenvalue weighted by Gasteiger charge is 2.20. The maximum atomic E-state index is 11.1. The van der Waals surface area contributed by atoms with Gasteiger partial charge in [-0.2, -0.15) is 0 Å². The summed E-state index contributed by atoms with van der Waals surface area (Å²) in [5, 5.41) is 22.0. The minimum Gasteiger partial charge on any atom is -0.509 e. The number of aryl methyl sites for hydroxylation is 1. The van der Waals surface area contributed by atoms with Gasteiger partial charge in [0.05, 0.1) is 17.1 Å². The van der Waals surface area contributed by atoms with Gasteiger partial charge in [-0.3, -0.25) is 15.0 Å². The van der Waals surface area contributed by atoms with Gasteiger partial charge in [-0.1, -0.05) is 193 Å². The van der Waals surface area contributed by atoms with E-state index in [1.165, 1.54) is 0 Å². The van der Waals surface area contributed by atoms with Crippen LogP contribution in [0, 0.1) is 6.92 Å². The first kappa shape index (κ1) is 49.1. The number of phenols is 2. The second-order valence-corrected chi connectivity index (χ2v) is 20.0. The van der Waals surface area contributed by atoms with Crippen LogP contribution < -0.4 is 16.4 Å². The van der Waals surface area contributed by atoms with E-state index in [9.17, 15) is 10.2 Å². The standard InChI is InChI=1S/C70H52B3N3O2/c1-43-42-76-64(41-61(43)47-26-34-51(35-27-47)65-66(71)70(78)68(73)67(72)69(65)77)50-32-24-46(25-33-50)57-14-4-7-17-60(57)54-39-52(58-15-5-2-12-55(58)44-20-28-48(29-21-44)62-18-8-10-36-74-62)38-53(40-54)59-16-6-3-13-56(59)45-22-30-49(31-23-45)63-19-9-11-37-75-63/h2-42,77-78H,71-73H2,1H3. The molecule has 0 fully saturated rings. The van der Waals surface area contributed by atoms with Gasteiger partial charge in [0, 0.05) is 40.8 Å². The molecule has 0 spiro atoms. The summed E-state index contributed by atoms with van der Waals surface area (Å²) in [6, 6.07) is 81.8. The number of hydrogen-bond donors (Lipinski definition) is 2. The number of rotatable bonds is 11. The molecule has 0 amide bonds. The molecule has 0 aliphatic heterocycles. The zero-order valence-corrected chi connectivity index (χ0v) is 43.9. The van der Waals surface area contributed by atoms with Gasteiger partial charge >= 0.3 is 0 Å². The van der Waals surface area contributed by atoms with Crippen LogP contribution in [0.2, 0.25) is 0 Å². The Kier molecular flexibility index (Phi) is 13.3. The van der Waals surface area contributed by atoms with E-state index in [1.54, 1.807) is 0 Å². The van der Waals surface area contributed by atoms with E-state index >= 15 is 0 Å². The Morgan fingerprint density at radius 2 is 0.603 bits per heavy atom. The molecular weight excluding hydrogens is 947 g/mol. The SMILES string of the molecule is Bc1c(B)c(O)c(-c2ccc(-c3cc(-c4ccc(-c5ccccc5-c5cc(-c6ccccc6-c6ccc(-c7ccccn7)cc6)cc(-c6ccccc6-c6ccc(-c7ccccn7)cc6)c5)cc4)ncc3C)cc2)c(B)c1O. The molecule has 2 N–H and O–H groups in total. The molecule has 368 valence electrons. The summed E-state index contributed by atoms with van der Waals surface area (Å²) < 4.78 is 0. The maximum absolute atomic E-state index is 11.1. The van der Waals surface area contributed by atoms with E-state index < -0.39 is 0 Å². The Balaban J connectivity index is 0.923. The predicted molar refractivity (Wildman–Crippen MR) is 332 cm³/mol. The minimum absolute atomic E-state index is 0.199. The number of aromatic nitrogens is 3. The fourth-order valence-electron chi connectivity index (χ4n) is 10.9. The normalized spacial score (nSPS) is 11.1. The van der Waals surface area contributed by atoms with E-state index in [0.717, 1.165) is 123 Å². The third-order valence-corrected chi connectivity index (χ3v) is 15.3. The van der Waals surface area contributed by atoms with Crippen molar-refractivity contribution in [1.82, 2.24) is 15.0 Å². The number of pyridine rings is 3. The van der Waals surface area contributed by atoms with Crippen molar-refractivity contribution in [2.24, 2.45) is 0 Å². The number of phenolic OH excluding ortho intramolecular Hbond substituents is 2. The molecule has 12 rings (SSSR count). The van der Waals surface area contributed by atoms with Gasteiger partial charge in [0.1, 0.15) is 35.0 Å². The van der Waals surface area contributed by atoms with Crippen LogP contribution in [0.4, 0.5) is 0 Å². The van der Waals surface area contributed by atoms with Crippen molar-refractivity contribution < 1.29 is 10.2 Å². The number of hydrogen-bond acceptors (Lipinski definition) is 5. The topological polar surface area (TPSA) is 79.1 Å². The second-order valence-electron chi connectivity index (χ2n) is 20.0. The molecule has 0 bridgehead atoms. The molecule has 3 aromatic heterocycles. The largest absolute Gasteiger partial charge is 0.509 e. The molecule has 12 aromatic rings. The highest BCUT2D eigenvalue weighted by molar-refractivity contribution is 6.54. The van der Waals surface area contributed by atoms with E-state index in [2.05, 4.69) is 199 Å². The van der Waals surface area contributed by atoms with Gasteiger partial charge < -0.3 is 10.2 Å². The van der Waals surface area contributed by atoms with Crippen LogP contribution in [0.5, 0.6) is 11.5 Å². The fourth-order valence-corrected chi connectivity index (χ4v) is 10.9.